The number of ether oxygens (including phenoxy) is 2. The lowest BCUT2D eigenvalue weighted by Gasteiger charge is -2.41. The molecule has 0 bridgehead atoms. The number of esters is 1. The van der Waals surface area contributed by atoms with Crippen molar-refractivity contribution < 1.29 is 32.6 Å². The van der Waals surface area contributed by atoms with E-state index in [9.17, 15) is 28.4 Å². The molecule has 13 heteroatoms. The van der Waals surface area contributed by atoms with Crippen molar-refractivity contribution in [2.45, 2.75) is 45.2 Å². The van der Waals surface area contributed by atoms with E-state index in [1.165, 1.54) is 13.2 Å². The van der Waals surface area contributed by atoms with Crippen molar-refractivity contribution in [2.24, 2.45) is 5.92 Å². The summed E-state index contributed by atoms with van der Waals surface area (Å²) in [5.74, 6) is -2.81. The van der Waals surface area contributed by atoms with Gasteiger partial charge in [-0.25, -0.2) is 28.1 Å². The fourth-order valence-electron chi connectivity index (χ4n) is 6.45. The normalized spacial score (nSPS) is 19.2. The summed E-state index contributed by atoms with van der Waals surface area (Å²) in [5.41, 5.74) is 1.66. The molecular weight excluding hydrogens is 610 g/mol. The van der Waals surface area contributed by atoms with Crippen LogP contribution in [-0.4, -0.2) is 87.4 Å². The summed E-state index contributed by atoms with van der Waals surface area (Å²) in [6.07, 6.45) is 3.31. The molecule has 11 nitrogen and oxygen atoms in total. The van der Waals surface area contributed by atoms with Crippen LogP contribution in [0.4, 0.5) is 24.1 Å². The molecule has 3 aliphatic rings. The first-order valence-electron chi connectivity index (χ1n) is 15.4. The fraction of sp³-hybridized carbons (Fsp3) is 0.471. The van der Waals surface area contributed by atoms with E-state index in [-0.39, 0.29) is 30.9 Å². The van der Waals surface area contributed by atoms with E-state index >= 15 is 0 Å². The SMILES string of the molecule is C.COCC1=C(C(=O)OC)[C@H](c2ccc(F)c(F)c2)N(C(=O)N2CCC(CNC3CCN(c4ccccc4C#N)CC3)CC2)C(=O)N1. The lowest BCUT2D eigenvalue weighted by Crippen LogP contribution is -2.57. The van der Waals surface area contributed by atoms with Gasteiger partial charge in [0.15, 0.2) is 11.6 Å². The van der Waals surface area contributed by atoms with Gasteiger partial charge in [-0.1, -0.05) is 25.6 Å². The molecule has 0 aliphatic carbocycles. The Balaban J connectivity index is 0.00000500. The number of amides is 4. The van der Waals surface area contributed by atoms with E-state index < -0.39 is 35.7 Å². The number of nitrogens with zero attached hydrogens (tertiary/aromatic N) is 4. The lowest BCUT2D eigenvalue weighted by molar-refractivity contribution is -0.137. The quantitative estimate of drug-likeness (QED) is 0.393. The molecular formula is C34H42F2N6O5. The second-order valence-corrected chi connectivity index (χ2v) is 11.7. The number of hydrogen-bond acceptors (Lipinski definition) is 8. The zero-order chi connectivity index (χ0) is 32.8. The van der Waals surface area contributed by atoms with E-state index in [1.54, 1.807) is 4.90 Å². The maximum atomic E-state index is 14.4. The number of nitriles is 1. The number of para-hydroxylation sites is 1. The van der Waals surface area contributed by atoms with Gasteiger partial charge in [-0.3, -0.25) is 0 Å². The third-order valence-electron chi connectivity index (χ3n) is 8.93. The van der Waals surface area contributed by atoms with E-state index in [2.05, 4.69) is 21.6 Å². The first-order chi connectivity index (χ1) is 22.2. The number of rotatable bonds is 8. The molecule has 2 aromatic carbocycles. The average molecular weight is 653 g/mol. The number of imide groups is 1. The zero-order valence-electron chi connectivity index (χ0n) is 25.9. The smallest absolute Gasteiger partial charge is 0.338 e. The van der Waals surface area contributed by atoms with Gasteiger partial charge in [-0.05, 0) is 68.0 Å². The van der Waals surface area contributed by atoms with E-state index in [0.717, 1.165) is 62.3 Å². The highest BCUT2D eigenvalue weighted by Crippen LogP contribution is 2.36. The van der Waals surface area contributed by atoms with Crippen molar-refractivity contribution in [1.82, 2.24) is 20.4 Å². The second kappa shape index (κ2) is 15.8. The molecule has 0 radical (unpaired) electrons. The number of hydrogen-bond donors (Lipinski definition) is 2. The average Bonchev–Trinajstić information content (AvgIpc) is 3.08. The van der Waals surface area contributed by atoms with Crippen molar-refractivity contribution in [3.63, 3.8) is 0 Å². The van der Waals surface area contributed by atoms with Crippen LogP contribution in [0.2, 0.25) is 0 Å². The number of nitrogens with one attached hydrogen (secondary N) is 2. The first-order valence-corrected chi connectivity index (χ1v) is 15.4. The Bertz CT molecular complexity index is 1530. The molecule has 2 aromatic rings. The van der Waals surface area contributed by atoms with Gasteiger partial charge in [0.2, 0.25) is 0 Å². The molecule has 2 saturated heterocycles. The molecule has 3 heterocycles. The highest BCUT2D eigenvalue weighted by molar-refractivity contribution is 6.01. The van der Waals surface area contributed by atoms with Crippen LogP contribution in [0.1, 0.15) is 50.3 Å². The van der Waals surface area contributed by atoms with Gasteiger partial charge in [0.1, 0.15) is 12.1 Å². The van der Waals surface area contributed by atoms with E-state index in [0.29, 0.717) is 43.5 Å². The molecule has 0 aromatic heterocycles. The number of carbonyl (C=O) groups is 3. The zero-order valence-corrected chi connectivity index (χ0v) is 25.9. The molecule has 0 saturated carbocycles. The summed E-state index contributed by atoms with van der Waals surface area (Å²) >= 11 is 0. The maximum absolute atomic E-state index is 14.4. The Labute approximate surface area is 274 Å². The van der Waals surface area contributed by atoms with Crippen LogP contribution in [0.5, 0.6) is 0 Å². The summed E-state index contributed by atoms with van der Waals surface area (Å²) in [5, 5.41) is 15.7. The van der Waals surface area contributed by atoms with Crippen LogP contribution in [0.15, 0.2) is 53.7 Å². The third-order valence-corrected chi connectivity index (χ3v) is 8.93. The molecule has 4 amide bonds. The topological polar surface area (TPSA) is 127 Å². The predicted octanol–water partition coefficient (Wildman–Crippen LogP) is 4.70. The number of urea groups is 2. The Morgan fingerprint density at radius 3 is 2.36 bits per heavy atom. The molecule has 3 aliphatic heterocycles. The highest BCUT2D eigenvalue weighted by Gasteiger charge is 2.45. The van der Waals surface area contributed by atoms with Gasteiger partial charge in [-0.15, -0.1) is 0 Å². The molecule has 252 valence electrons. The van der Waals surface area contributed by atoms with Gasteiger partial charge >= 0.3 is 18.0 Å². The van der Waals surface area contributed by atoms with Crippen molar-refractivity contribution in [1.29, 1.82) is 5.26 Å². The van der Waals surface area contributed by atoms with E-state index in [1.807, 2.05) is 24.3 Å². The Morgan fingerprint density at radius 1 is 1.02 bits per heavy atom. The minimum Gasteiger partial charge on any atom is -0.466 e. The number of carbonyl (C=O) groups excluding carboxylic acids is 3. The number of piperidine rings is 2. The molecule has 0 unspecified atom stereocenters. The summed E-state index contributed by atoms with van der Waals surface area (Å²) in [6, 6.07) is 10.4. The summed E-state index contributed by atoms with van der Waals surface area (Å²) in [6.45, 7) is 3.08. The monoisotopic (exact) mass is 652 g/mol. The van der Waals surface area contributed by atoms with E-state index in [4.69, 9.17) is 9.47 Å². The predicted molar refractivity (Wildman–Crippen MR) is 171 cm³/mol. The summed E-state index contributed by atoms with van der Waals surface area (Å²) in [4.78, 5) is 44.9. The Kier molecular flexibility index (Phi) is 11.9. The van der Waals surface area contributed by atoms with Crippen molar-refractivity contribution in [3.8, 4) is 6.07 Å². The molecule has 1 atom stereocenters. The lowest BCUT2D eigenvalue weighted by atomic mass is 9.93. The van der Waals surface area contributed by atoms with Crippen molar-refractivity contribution in [2.75, 3.05) is 58.5 Å². The number of methoxy groups -OCH3 is 2. The molecule has 5 rings (SSSR count). The molecule has 47 heavy (non-hydrogen) atoms. The largest absolute Gasteiger partial charge is 0.466 e. The maximum Gasteiger partial charge on any atom is 0.338 e. The Hall–Kier alpha value is -4.54. The molecule has 0 spiro atoms. The van der Waals surface area contributed by atoms with Crippen LogP contribution in [0.3, 0.4) is 0 Å². The van der Waals surface area contributed by atoms with Gasteiger partial charge in [-0.2, -0.15) is 5.26 Å². The van der Waals surface area contributed by atoms with Gasteiger partial charge in [0.25, 0.3) is 0 Å². The van der Waals surface area contributed by atoms with Crippen molar-refractivity contribution >= 4 is 23.7 Å². The summed E-state index contributed by atoms with van der Waals surface area (Å²) < 4.78 is 38.4. The van der Waals surface area contributed by atoms with Gasteiger partial charge in [0, 0.05) is 39.3 Å². The minimum atomic E-state index is -1.36. The first kappa shape index (κ1) is 35.3. The number of benzene rings is 2. The second-order valence-electron chi connectivity index (χ2n) is 11.7. The molecule has 2 N–H and O–H groups in total. The standard InChI is InChI=1S/C33H38F2N6O5.CH4/c1-45-20-27-29(31(42)46-2)30(22-7-8-25(34)26(35)17-22)41(32(43)38-27)33(44)40-13-9-21(10-14-40)19-37-24-11-15-39(16-12-24)28-6-4-3-5-23(28)18-36;/h3-8,17,21,24,30,37H,9-16,19-20H2,1-2H3,(H,38,43);1H4/t30-;/m0./s1. The van der Waals surface area contributed by atoms with Crippen LogP contribution in [0, 0.1) is 28.9 Å². The third kappa shape index (κ3) is 7.72. The number of likely N-dealkylation sites (tertiary alicyclic amines) is 1. The van der Waals surface area contributed by atoms with Gasteiger partial charge < -0.3 is 29.9 Å². The van der Waals surface area contributed by atoms with Crippen LogP contribution >= 0.6 is 0 Å². The van der Waals surface area contributed by atoms with Crippen LogP contribution < -0.4 is 15.5 Å². The molecule has 2 fully saturated rings. The van der Waals surface area contributed by atoms with Crippen molar-refractivity contribution in [3.05, 3.63) is 76.5 Å². The number of anilines is 1. The highest BCUT2D eigenvalue weighted by atomic mass is 19.2. The fourth-order valence-corrected chi connectivity index (χ4v) is 6.45. The number of halogens is 2. The van der Waals surface area contributed by atoms with Crippen LogP contribution in [-0.2, 0) is 14.3 Å². The minimum absolute atomic E-state index is 0. The Morgan fingerprint density at radius 2 is 1.72 bits per heavy atom. The summed E-state index contributed by atoms with van der Waals surface area (Å²) in [7, 11) is 2.52. The van der Waals surface area contributed by atoms with Gasteiger partial charge in [0.05, 0.1) is 36.2 Å². The van der Waals surface area contributed by atoms with Crippen LogP contribution in [0.25, 0.3) is 0 Å².